The fourth-order valence-corrected chi connectivity index (χ4v) is 1.69. The van der Waals surface area contributed by atoms with Crippen LogP contribution in [0, 0.1) is 0 Å². The lowest BCUT2D eigenvalue weighted by Gasteiger charge is -2.12. The van der Waals surface area contributed by atoms with Crippen LogP contribution in [0.15, 0.2) is 23.8 Å². The molecule has 1 aliphatic carbocycles. The molecule has 1 N–H and O–H groups in total. The molecule has 2 nitrogen and oxygen atoms in total. The number of hydrogen-bond acceptors (Lipinski definition) is 1. The molecule has 0 aromatic rings. The van der Waals surface area contributed by atoms with E-state index in [1.54, 1.807) is 12.2 Å². The minimum absolute atomic E-state index is 0.0175. The summed E-state index contributed by atoms with van der Waals surface area (Å²) in [5, 5.41) is 2.86. The maximum atomic E-state index is 11.1. The van der Waals surface area contributed by atoms with Gasteiger partial charge in [-0.1, -0.05) is 17.7 Å². The van der Waals surface area contributed by atoms with Crippen molar-refractivity contribution in [1.82, 2.24) is 5.32 Å². The van der Waals surface area contributed by atoms with Gasteiger partial charge in [-0.2, -0.15) is 0 Å². The summed E-state index contributed by atoms with van der Waals surface area (Å²) in [6, 6.07) is 0. The van der Waals surface area contributed by atoms with Gasteiger partial charge < -0.3 is 5.32 Å². The SMILES string of the molecule is CC=CC(=O)NCCC1=CCCCC1. The van der Waals surface area contributed by atoms with E-state index < -0.39 is 0 Å². The first kappa shape index (κ1) is 11.0. The van der Waals surface area contributed by atoms with E-state index in [9.17, 15) is 4.79 Å². The van der Waals surface area contributed by atoms with Crippen molar-refractivity contribution in [3.63, 3.8) is 0 Å². The molecule has 0 bridgehead atoms. The highest BCUT2D eigenvalue weighted by Gasteiger charge is 2.03. The number of hydrogen-bond donors (Lipinski definition) is 1. The molecule has 0 saturated carbocycles. The first-order valence-corrected chi connectivity index (χ1v) is 5.41. The van der Waals surface area contributed by atoms with Crippen molar-refractivity contribution in [2.45, 2.75) is 39.0 Å². The van der Waals surface area contributed by atoms with Crippen LogP contribution in [0.2, 0.25) is 0 Å². The van der Waals surface area contributed by atoms with E-state index in [-0.39, 0.29) is 5.91 Å². The summed E-state index contributed by atoms with van der Waals surface area (Å²) < 4.78 is 0. The van der Waals surface area contributed by atoms with Gasteiger partial charge in [0.25, 0.3) is 0 Å². The molecule has 14 heavy (non-hydrogen) atoms. The van der Waals surface area contributed by atoms with E-state index in [1.807, 2.05) is 6.92 Å². The van der Waals surface area contributed by atoms with Crippen LogP contribution in [-0.4, -0.2) is 12.5 Å². The van der Waals surface area contributed by atoms with E-state index in [4.69, 9.17) is 0 Å². The zero-order valence-electron chi connectivity index (χ0n) is 8.88. The van der Waals surface area contributed by atoms with Crippen LogP contribution in [0.1, 0.15) is 39.0 Å². The van der Waals surface area contributed by atoms with Crippen molar-refractivity contribution in [2.75, 3.05) is 6.54 Å². The largest absolute Gasteiger partial charge is 0.352 e. The lowest BCUT2D eigenvalue weighted by molar-refractivity contribution is -0.116. The number of nitrogens with one attached hydrogen (secondary N) is 1. The van der Waals surface area contributed by atoms with Crippen molar-refractivity contribution >= 4 is 5.91 Å². The zero-order chi connectivity index (χ0) is 10.2. The Morgan fingerprint density at radius 3 is 3.07 bits per heavy atom. The van der Waals surface area contributed by atoms with Crippen LogP contribution >= 0.6 is 0 Å². The third-order valence-corrected chi connectivity index (χ3v) is 2.45. The predicted octanol–water partition coefficient (Wildman–Crippen LogP) is 2.57. The molecule has 0 radical (unpaired) electrons. The van der Waals surface area contributed by atoms with Crippen molar-refractivity contribution in [3.8, 4) is 0 Å². The Morgan fingerprint density at radius 1 is 1.57 bits per heavy atom. The van der Waals surface area contributed by atoms with Crippen LogP contribution in [0.5, 0.6) is 0 Å². The van der Waals surface area contributed by atoms with Gasteiger partial charge in [-0.05, 0) is 45.1 Å². The highest BCUT2D eigenvalue weighted by Crippen LogP contribution is 2.19. The van der Waals surface area contributed by atoms with Crippen LogP contribution in [0.4, 0.5) is 0 Å². The average Bonchev–Trinajstić information content (AvgIpc) is 2.20. The molecule has 0 aromatic carbocycles. The Balaban J connectivity index is 2.14. The van der Waals surface area contributed by atoms with Gasteiger partial charge >= 0.3 is 0 Å². The normalized spacial score (nSPS) is 16.8. The lowest BCUT2D eigenvalue weighted by atomic mass is 9.97. The van der Waals surface area contributed by atoms with Crippen molar-refractivity contribution in [1.29, 1.82) is 0 Å². The van der Waals surface area contributed by atoms with Crippen molar-refractivity contribution in [3.05, 3.63) is 23.8 Å². The first-order chi connectivity index (χ1) is 6.83. The van der Waals surface area contributed by atoms with E-state index in [1.165, 1.54) is 31.3 Å². The highest BCUT2D eigenvalue weighted by atomic mass is 16.1. The fourth-order valence-electron chi connectivity index (χ4n) is 1.69. The second-order valence-corrected chi connectivity index (χ2v) is 3.65. The van der Waals surface area contributed by atoms with Crippen molar-refractivity contribution < 1.29 is 4.79 Å². The minimum Gasteiger partial charge on any atom is -0.352 e. The molecule has 0 unspecified atom stereocenters. The van der Waals surface area contributed by atoms with E-state index in [0.717, 1.165) is 13.0 Å². The van der Waals surface area contributed by atoms with Gasteiger partial charge in [0.05, 0.1) is 0 Å². The van der Waals surface area contributed by atoms with Gasteiger partial charge in [-0.3, -0.25) is 4.79 Å². The topological polar surface area (TPSA) is 29.1 Å². The molecule has 0 heterocycles. The molecule has 1 rings (SSSR count). The van der Waals surface area contributed by atoms with E-state index in [0.29, 0.717) is 0 Å². The summed E-state index contributed by atoms with van der Waals surface area (Å²) in [5.41, 5.74) is 1.51. The highest BCUT2D eigenvalue weighted by molar-refractivity contribution is 5.87. The monoisotopic (exact) mass is 193 g/mol. The average molecular weight is 193 g/mol. The predicted molar refractivity (Wildman–Crippen MR) is 59.0 cm³/mol. The zero-order valence-corrected chi connectivity index (χ0v) is 8.88. The molecule has 0 atom stereocenters. The third-order valence-electron chi connectivity index (χ3n) is 2.45. The summed E-state index contributed by atoms with van der Waals surface area (Å²) >= 11 is 0. The van der Waals surface area contributed by atoms with Gasteiger partial charge in [0.2, 0.25) is 5.91 Å². The summed E-state index contributed by atoms with van der Waals surface area (Å²) in [6.07, 6.45) is 11.7. The second-order valence-electron chi connectivity index (χ2n) is 3.65. The van der Waals surface area contributed by atoms with Gasteiger partial charge in [-0.15, -0.1) is 0 Å². The third kappa shape index (κ3) is 4.26. The van der Waals surface area contributed by atoms with Crippen LogP contribution in [0.3, 0.4) is 0 Å². The maximum Gasteiger partial charge on any atom is 0.243 e. The molecule has 1 aliphatic rings. The van der Waals surface area contributed by atoms with Crippen LogP contribution < -0.4 is 5.32 Å². The number of amides is 1. The number of carbonyl (C=O) groups is 1. The first-order valence-electron chi connectivity index (χ1n) is 5.41. The second kappa shape index (κ2) is 6.41. The minimum atomic E-state index is 0.0175. The molecule has 0 spiro atoms. The summed E-state index contributed by atoms with van der Waals surface area (Å²) in [5.74, 6) is 0.0175. The Morgan fingerprint density at radius 2 is 2.43 bits per heavy atom. The smallest absolute Gasteiger partial charge is 0.243 e. The number of allylic oxidation sites excluding steroid dienone is 2. The fraction of sp³-hybridized carbons (Fsp3) is 0.583. The quantitative estimate of drug-likeness (QED) is 0.539. The van der Waals surface area contributed by atoms with Gasteiger partial charge in [0.1, 0.15) is 0 Å². The number of rotatable bonds is 4. The van der Waals surface area contributed by atoms with E-state index in [2.05, 4.69) is 11.4 Å². The van der Waals surface area contributed by atoms with E-state index >= 15 is 0 Å². The Kier molecular flexibility index (Phi) is 5.05. The van der Waals surface area contributed by atoms with Gasteiger partial charge in [-0.25, -0.2) is 0 Å². The van der Waals surface area contributed by atoms with Crippen molar-refractivity contribution in [2.24, 2.45) is 0 Å². The summed E-state index contributed by atoms with van der Waals surface area (Å²) in [4.78, 5) is 11.1. The molecule has 0 aromatic heterocycles. The Hall–Kier alpha value is -1.05. The summed E-state index contributed by atoms with van der Waals surface area (Å²) in [6.45, 7) is 2.62. The molecule has 78 valence electrons. The van der Waals surface area contributed by atoms with Crippen LogP contribution in [-0.2, 0) is 4.79 Å². The molecule has 2 heteroatoms. The number of carbonyl (C=O) groups excluding carboxylic acids is 1. The maximum absolute atomic E-state index is 11.1. The lowest BCUT2D eigenvalue weighted by Crippen LogP contribution is -2.22. The Labute approximate surface area is 86.1 Å². The standard InChI is InChI=1S/C12H19NO/c1-2-6-12(14)13-10-9-11-7-4-3-5-8-11/h2,6-7H,3-5,8-10H2,1H3,(H,13,14). The van der Waals surface area contributed by atoms with Gasteiger partial charge in [0, 0.05) is 6.54 Å². The molecule has 0 fully saturated rings. The molecule has 0 saturated heterocycles. The molecular formula is C12H19NO. The van der Waals surface area contributed by atoms with Crippen LogP contribution in [0.25, 0.3) is 0 Å². The van der Waals surface area contributed by atoms with Gasteiger partial charge in [0.15, 0.2) is 0 Å². The molecule has 0 aliphatic heterocycles. The summed E-state index contributed by atoms with van der Waals surface area (Å²) in [7, 11) is 0. The Bertz CT molecular complexity index is 241. The molecule has 1 amide bonds. The molecular weight excluding hydrogens is 174 g/mol.